The number of hydrogen-bond acceptors (Lipinski definition) is 1. The highest BCUT2D eigenvalue weighted by Gasteiger charge is 2.20. The first-order valence-corrected chi connectivity index (χ1v) is 5.47. The average molecular weight is 169 g/mol. The van der Waals surface area contributed by atoms with Crippen LogP contribution in [0.1, 0.15) is 46.5 Å². The third kappa shape index (κ3) is 3.57. The number of nitrogens with one attached hydrogen (secondary N) is 1. The Bertz CT molecular complexity index is 116. The van der Waals surface area contributed by atoms with Crippen molar-refractivity contribution in [3.05, 3.63) is 0 Å². The summed E-state index contributed by atoms with van der Waals surface area (Å²) in [6.45, 7) is 8.12. The van der Waals surface area contributed by atoms with Gasteiger partial charge in [-0.25, -0.2) is 0 Å². The van der Waals surface area contributed by atoms with E-state index >= 15 is 0 Å². The molecule has 0 radical (unpaired) electrons. The molecule has 1 unspecified atom stereocenters. The first-order chi connectivity index (χ1) is 5.74. The van der Waals surface area contributed by atoms with E-state index in [1.165, 1.54) is 32.2 Å². The molecule has 0 aromatic heterocycles. The molecule has 72 valence electrons. The van der Waals surface area contributed by atoms with Gasteiger partial charge in [-0.3, -0.25) is 0 Å². The third-order valence-electron chi connectivity index (χ3n) is 2.90. The zero-order chi connectivity index (χ0) is 8.97. The predicted octanol–water partition coefficient (Wildman–Crippen LogP) is 2.81. The summed E-state index contributed by atoms with van der Waals surface area (Å²) in [4.78, 5) is 0. The van der Waals surface area contributed by atoms with Gasteiger partial charge in [-0.1, -0.05) is 33.6 Å². The van der Waals surface area contributed by atoms with Crippen LogP contribution in [0.4, 0.5) is 0 Å². The van der Waals surface area contributed by atoms with E-state index in [0.717, 1.165) is 17.9 Å². The molecular formula is C11H23N. The zero-order valence-corrected chi connectivity index (χ0v) is 8.77. The van der Waals surface area contributed by atoms with Gasteiger partial charge in [0.25, 0.3) is 0 Å². The van der Waals surface area contributed by atoms with Crippen molar-refractivity contribution >= 4 is 0 Å². The molecule has 1 N–H and O–H groups in total. The third-order valence-corrected chi connectivity index (χ3v) is 2.90. The van der Waals surface area contributed by atoms with Crippen molar-refractivity contribution in [3.8, 4) is 0 Å². The van der Waals surface area contributed by atoms with Gasteiger partial charge in [0.15, 0.2) is 0 Å². The van der Waals surface area contributed by atoms with Crippen molar-refractivity contribution in [3.63, 3.8) is 0 Å². The second-order valence-corrected chi connectivity index (χ2v) is 4.44. The molecule has 1 aliphatic carbocycles. The fraction of sp³-hybridized carbons (Fsp3) is 1.00. The molecule has 0 aromatic rings. The van der Waals surface area contributed by atoms with E-state index in [4.69, 9.17) is 0 Å². The van der Waals surface area contributed by atoms with Gasteiger partial charge >= 0.3 is 0 Å². The lowest BCUT2D eigenvalue weighted by Gasteiger charge is -2.20. The van der Waals surface area contributed by atoms with Crippen LogP contribution in [0.2, 0.25) is 0 Å². The number of hydrogen-bond donors (Lipinski definition) is 1. The highest BCUT2D eigenvalue weighted by molar-refractivity contribution is 4.75. The van der Waals surface area contributed by atoms with E-state index in [9.17, 15) is 0 Å². The van der Waals surface area contributed by atoms with Gasteiger partial charge in [-0.15, -0.1) is 0 Å². The molecule has 1 atom stereocenters. The molecule has 0 aliphatic heterocycles. The Morgan fingerprint density at radius 3 is 2.42 bits per heavy atom. The van der Waals surface area contributed by atoms with Crippen LogP contribution in [0.15, 0.2) is 0 Å². The van der Waals surface area contributed by atoms with Crippen LogP contribution >= 0.6 is 0 Å². The lowest BCUT2D eigenvalue weighted by molar-refractivity contribution is 0.383. The van der Waals surface area contributed by atoms with Gasteiger partial charge in [0.05, 0.1) is 0 Å². The van der Waals surface area contributed by atoms with E-state index in [1.807, 2.05) is 0 Å². The average Bonchev–Trinajstić information content (AvgIpc) is 2.80. The summed E-state index contributed by atoms with van der Waals surface area (Å²) in [6, 6.07) is 0.740. The summed E-state index contributed by atoms with van der Waals surface area (Å²) in [6.07, 6.45) is 5.64. The topological polar surface area (TPSA) is 12.0 Å². The highest BCUT2D eigenvalue weighted by atomic mass is 14.9. The monoisotopic (exact) mass is 169 g/mol. The Labute approximate surface area is 76.9 Å². The number of rotatable bonds is 6. The Hall–Kier alpha value is -0.0400. The van der Waals surface area contributed by atoms with Gasteiger partial charge in [-0.05, 0) is 31.2 Å². The van der Waals surface area contributed by atoms with Gasteiger partial charge in [-0.2, -0.15) is 0 Å². The molecule has 0 spiro atoms. The molecule has 1 fully saturated rings. The molecule has 0 amide bonds. The Kier molecular flexibility index (Phi) is 4.07. The van der Waals surface area contributed by atoms with E-state index in [-0.39, 0.29) is 0 Å². The van der Waals surface area contributed by atoms with E-state index in [0.29, 0.717) is 0 Å². The van der Waals surface area contributed by atoms with Crippen molar-refractivity contribution in [1.29, 1.82) is 0 Å². The Morgan fingerprint density at radius 2 is 2.00 bits per heavy atom. The van der Waals surface area contributed by atoms with Crippen molar-refractivity contribution in [2.45, 2.75) is 52.5 Å². The van der Waals surface area contributed by atoms with Gasteiger partial charge < -0.3 is 5.32 Å². The molecule has 1 heteroatoms. The first kappa shape index (κ1) is 10.0. The van der Waals surface area contributed by atoms with E-state index in [1.54, 1.807) is 0 Å². The minimum Gasteiger partial charge on any atom is -0.314 e. The SMILES string of the molecule is CCC(NCCC1CC1)C(C)C. The summed E-state index contributed by atoms with van der Waals surface area (Å²) in [5, 5.41) is 3.64. The standard InChI is InChI=1S/C11H23N/c1-4-11(9(2)3)12-8-7-10-5-6-10/h9-12H,4-8H2,1-3H3. The van der Waals surface area contributed by atoms with Crippen LogP contribution in [0.5, 0.6) is 0 Å². The summed E-state index contributed by atoms with van der Waals surface area (Å²) >= 11 is 0. The molecule has 0 heterocycles. The Morgan fingerprint density at radius 1 is 1.33 bits per heavy atom. The normalized spacial score (nSPS) is 20.0. The smallest absolute Gasteiger partial charge is 0.00874 e. The minimum absolute atomic E-state index is 0.740. The molecule has 1 saturated carbocycles. The van der Waals surface area contributed by atoms with Crippen LogP contribution in [0.3, 0.4) is 0 Å². The van der Waals surface area contributed by atoms with Crippen LogP contribution < -0.4 is 5.32 Å². The molecule has 1 rings (SSSR count). The van der Waals surface area contributed by atoms with Crippen LogP contribution in [-0.4, -0.2) is 12.6 Å². The zero-order valence-electron chi connectivity index (χ0n) is 8.77. The summed E-state index contributed by atoms with van der Waals surface area (Å²) in [5.41, 5.74) is 0. The Balaban J connectivity index is 2.01. The van der Waals surface area contributed by atoms with Gasteiger partial charge in [0.2, 0.25) is 0 Å². The molecule has 1 nitrogen and oxygen atoms in total. The van der Waals surface area contributed by atoms with Crippen LogP contribution in [-0.2, 0) is 0 Å². The van der Waals surface area contributed by atoms with E-state index < -0.39 is 0 Å². The minimum atomic E-state index is 0.740. The fourth-order valence-electron chi connectivity index (χ4n) is 1.73. The molecule has 0 bridgehead atoms. The largest absolute Gasteiger partial charge is 0.314 e. The van der Waals surface area contributed by atoms with Gasteiger partial charge in [0, 0.05) is 6.04 Å². The lowest BCUT2D eigenvalue weighted by Crippen LogP contribution is -2.33. The maximum absolute atomic E-state index is 3.64. The van der Waals surface area contributed by atoms with Gasteiger partial charge in [0.1, 0.15) is 0 Å². The maximum Gasteiger partial charge on any atom is 0.00874 e. The van der Waals surface area contributed by atoms with Crippen molar-refractivity contribution < 1.29 is 0 Å². The van der Waals surface area contributed by atoms with Crippen molar-refractivity contribution in [1.82, 2.24) is 5.32 Å². The second kappa shape index (κ2) is 4.86. The lowest BCUT2D eigenvalue weighted by atomic mass is 10.0. The van der Waals surface area contributed by atoms with Crippen LogP contribution in [0, 0.1) is 11.8 Å². The summed E-state index contributed by atoms with van der Waals surface area (Å²) in [5.74, 6) is 1.86. The fourth-order valence-corrected chi connectivity index (χ4v) is 1.73. The van der Waals surface area contributed by atoms with Crippen molar-refractivity contribution in [2.75, 3.05) is 6.54 Å². The second-order valence-electron chi connectivity index (χ2n) is 4.44. The predicted molar refractivity (Wildman–Crippen MR) is 54.3 cm³/mol. The molecule has 12 heavy (non-hydrogen) atoms. The van der Waals surface area contributed by atoms with Crippen molar-refractivity contribution in [2.24, 2.45) is 11.8 Å². The molecular weight excluding hydrogens is 146 g/mol. The highest BCUT2D eigenvalue weighted by Crippen LogP contribution is 2.31. The molecule has 0 saturated heterocycles. The summed E-state index contributed by atoms with van der Waals surface area (Å²) < 4.78 is 0. The van der Waals surface area contributed by atoms with Crippen LogP contribution in [0.25, 0.3) is 0 Å². The summed E-state index contributed by atoms with van der Waals surface area (Å²) in [7, 11) is 0. The van der Waals surface area contributed by atoms with E-state index in [2.05, 4.69) is 26.1 Å². The maximum atomic E-state index is 3.64. The first-order valence-electron chi connectivity index (χ1n) is 5.47. The molecule has 0 aromatic carbocycles. The molecule has 1 aliphatic rings. The quantitative estimate of drug-likeness (QED) is 0.644.